The molecule has 0 fully saturated rings. The maximum absolute atomic E-state index is 15.1. The largest absolute Gasteiger partial charge is 2.00 e. The molecule has 3 aromatic heterocycles. The van der Waals surface area contributed by atoms with Crippen LogP contribution in [-0.2, 0) is 118 Å². The molecule has 137 heavy (non-hydrogen) atoms. The molecule has 0 amide bonds. The summed E-state index contributed by atoms with van der Waals surface area (Å²) in [5.74, 6) is -4.59. The molecular formula is C116H188N4NiO16. The summed E-state index contributed by atoms with van der Waals surface area (Å²) in [6, 6.07) is 6.74. The van der Waals surface area contributed by atoms with Gasteiger partial charge < -0.3 is 47.9 Å². The minimum absolute atomic E-state index is 0. The number of nitrogens with zero attached hydrogens (tertiary/aromatic N) is 4. The smallest absolute Gasteiger partial charge is 0.657 e. The first kappa shape index (κ1) is 122. The van der Waals surface area contributed by atoms with Gasteiger partial charge in [-0.3, -0.25) is 38.4 Å². The molecule has 0 saturated carbocycles. The molecule has 0 atom stereocenters. The van der Waals surface area contributed by atoms with E-state index in [1.165, 1.54) is 103 Å². The van der Waals surface area contributed by atoms with Crippen LogP contribution in [0.2, 0.25) is 0 Å². The maximum atomic E-state index is 15.1. The standard InChI is InChI=1S/C116H188N4O16.Ni/c1-9-17-25-33-41-49-57-65-73-129-109(121)81-93-94(82-110(122)130-74-66-58-50-42-34-26-18-10-2)102-90-104-97(85-113(125)133-77-69-61-53-45-37-29-21-13-5)98(86-114(126)134-78-70-62-54-46-38-30-22-14-6)106(119-104)92-108-100(88-116(128)136-80-72-64-56-48-40-32-24-16-8)99(87-115(127)135-79-71-63-55-47-39-31-23-15-7)107(120-108)91-105-96(84-112(124)132-76-68-60-52-44-36-28-20-12-4)95(103(118-105)89-101(93)117-102)83-111(123)131-75-67-59-51-43-35-27-19-11-3;/h89-92H,9-88H2,1-8H3;/q-2;+2. The Morgan fingerprint density at radius 1 is 0.182 bits per heavy atom. The molecule has 5 heterocycles. The van der Waals surface area contributed by atoms with Crippen molar-refractivity contribution in [3.8, 4) is 0 Å². The van der Waals surface area contributed by atoms with E-state index in [9.17, 15) is 0 Å². The van der Waals surface area contributed by atoms with Crippen LogP contribution in [0.25, 0.3) is 44.4 Å². The molecule has 0 N–H and O–H groups in total. The Labute approximate surface area is 839 Å². The number of aromatic nitrogens is 4. The van der Waals surface area contributed by atoms with Gasteiger partial charge in [-0.25, -0.2) is 9.97 Å². The summed E-state index contributed by atoms with van der Waals surface area (Å²) in [5, 5.41) is 0. The van der Waals surface area contributed by atoms with E-state index in [1.54, 1.807) is 24.3 Å². The Balaban J connectivity index is 0.0000392. The van der Waals surface area contributed by atoms with E-state index in [0.29, 0.717) is 95.9 Å². The van der Waals surface area contributed by atoms with E-state index in [2.05, 4.69) is 55.4 Å². The molecule has 0 aliphatic carbocycles. The van der Waals surface area contributed by atoms with Gasteiger partial charge in [0, 0.05) is 0 Å². The SMILES string of the molecule is CCCCCCCCCCOC(=O)CC1=C(CC(=O)OCCCCCCCCCC)c2cc3[n-]c(cc4nc(cc5[n-]c(cc1n2)c(CC(=O)OCCCCCCCCCC)c5CC(=O)OCCCCCCCCCC)C(CC(=O)OCCCCCCCCCC)=C4CC(=O)OCCCCCCCCCC)c(CC(=O)OCCCCCCCCCC)c3CC(=O)OCCCCCCCCCC.[Ni+2]. The first-order valence-corrected chi connectivity index (χ1v) is 56.0. The number of unbranched alkanes of at least 4 members (excludes halogenated alkanes) is 56. The average Bonchev–Trinajstić information content (AvgIpc) is 1.61. The predicted octanol–water partition coefficient (Wildman–Crippen LogP) is 30.6. The zero-order valence-electron chi connectivity index (χ0n) is 87.5. The van der Waals surface area contributed by atoms with E-state index in [1.807, 2.05) is 0 Å². The Bertz CT molecular complexity index is 3530. The van der Waals surface area contributed by atoms with E-state index in [0.717, 1.165) is 257 Å². The first-order valence-electron chi connectivity index (χ1n) is 56.0. The van der Waals surface area contributed by atoms with E-state index >= 15 is 38.4 Å². The second-order valence-electron chi connectivity index (χ2n) is 38.9. The summed E-state index contributed by atoms with van der Waals surface area (Å²) in [4.78, 5) is 142. The second-order valence-corrected chi connectivity index (χ2v) is 38.9. The molecule has 5 rings (SSSR count). The maximum Gasteiger partial charge on any atom is 2.00 e. The van der Waals surface area contributed by atoms with Crippen molar-refractivity contribution in [2.24, 2.45) is 0 Å². The summed E-state index contributed by atoms with van der Waals surface area (Å²) in [5.41, 5.74) is 3.98. The predicted molar refractivity (Wildman–Crippen MR) is 554 cm³/mol. The summed E-state index contributed by atoms with van der Waals surface area (Å²) in [6.45, 7) is 18.9. The van der Waals surface area contributed by atoms with E-state index < -0.39 is 47.8 Å². The van der Waals surface area contributed by atoms with Gasteiger partial charge in [0.15, 0.2) is 0 Å². The fourth-order valence-corrected chi connectivity index (χ4v) is 18.3. The first-order chi connectivity index (χ1) is 66.6. The zero-order chi connectivity index (χ0) is 97.7. The Hall–Kier alpha value is -7.15. The van der Waals surface area contributed by atoms with E-state index in [4.69, 9.17) is 57.8 Å². The molecule has 0 spiro atoms. The minimum atomic E-state index is -0.573. The number of ether oxygens (including phenoxy) is 8. The van der Waals surface area contributed by atoms with Crippen LogP contribution in [0.5, 0.6) is 0 Å². The Morgan fingerprint density at radius 2 is 0.299 bits per heavy atom. The van der Waals surface area contributed by atoms with E-state index in [-0.39, 0.29) is 166 Å². The van der Waals surface area contributed by atoms with Crippen molar-refractivity contribution >= 4 is 92.1 Å². The molecule has 778 valence electrons. The van der Waals surface area contributed by atoms with Crippen LogP contribution in [-0.4, -0.2) is 111 Å². The summed E-state index contributed by atoms with van der Waals surface area (Å²) >= 11 is 0. The number of hydrogen-bond donors (Lipinski definition) is 0. The summed E-state index contributed by atoms with van der Waals surface area (Å²) < 4.78 is 49.5. The Kier molecular flexibility index (Phi) is 72.6. The van der Waals surface area contributed by atoms with Crippen molar-refractivity contribution in [3.05, 3.63) is 69.3 Å². The van der Waals surface area contributed by atoms with Crippen molar-refractivity contribution in [1.82, 2.24) is 19.9 Å². The van der Waals surface area contributed by atoms with Gasteiger partial charge in [0.05, 0.1) is 127 Å². The Morgan fingerprint density at radius 3 is 0.431 bits per heavy atom. The number of rotatable bonds is 88. The normalized spacial score (nSPS) is 11.9. The van der Waals surface area contributed by atoms with Crippen LogP contribution >= 0.6 is 0 Å². The molecule has 2 aliphatic heterocycles. The van der Waals surface area contributed by atoms with Crippen molar-refractivity contribution in [3.63, 3.8) is 0 Å². The molecule has 8 bridgehead atoms. The van der Waals surface area contributed by atoms with Crippen molar-refractivity contribution < 1.29 is 92.7 Å². The number of carbonyl (C=O) groups excluding carboxylic acids is 8. The number of fused-ring (bicyclic) bond motifs is 8. The van der Waals surface area contributed by atoms with Crippen molar-refractivity contribution in [1.29, 1.82) is 0 Å². The molecule has 0 aromatic carbocycles. The molecule has 3 aromatic rings. The molecule has 2 aliphatic rings. The third-order valence-electron chi connectivity index (χ3n) is 26.6. The molecule has 21 heteroatoms. The van der Waals surface area contributed by atoms with Crippen molar-refractivity contribution in [2.75, 3.05) is 52.9 Å². The third kappa shape index (κ3) is 55.8. The molecule has 0 unspecified atom stereocenters. The monoisotopic (exact) mass is 1950 g/mol. The van der Waals surface area contributed by atoms with Gasteiger partial charge in [-0.15, -0.1) is 22.1 Å². The topological polar surface area (TPSA) is 264 Å². The van der Waals surface area contributed by atoms with Crippen LogP contribution in [0.15, 0.2) is 24.3 Å². The number of esters is 8. The molecular weight excluding hydrogens is 1760 g/mol. The van der Waals surface area contributed by atoms with Gasteiger partial charge in [-0.2, -0.15) is 0 Å². The molecule has 20 nitrogen and oxygen atoms in total. The number of hydrogen-bond acceptors (Lipinski definition) is 18. The average molecular weight is 1950 g/mol. The fraction of sp³-hybridized carbons (Fsp3) is 0.759. The van der Waals surface area contributed by atoms with Crippen LogP contribution in [0.1, 0.15) is 537 Å². The van der Waals surface area contributed by atoms with Crippen LogP contribution < -0.4 is 9.97 Å². The van der Waals surface area contributed by atoms with Gasteiger partial charge >= 0.3 is 64.2 Å². The van der Waals surface area contributed by atoms with Crippen LogP contribution in [0, 0.1) is 0 Å². The summed E-state index contributed by atoms with van der Waals surface area (Å²) in [7, 11) is 0. The third-order valence-corrected chi connectivity index (χ3v) is 26.6. The summed E-state index contributed by atoms with van der Waals surface area (Å²) in [6.07, 6.45) is 63.1. The van der Waals surface area contributed by atoms with Gasteiger partial charge in [0.2, 0.25) is 0 Å². The van der Waals surface area contributed by atoms with Crippen molar-refractivity contribution in [2.45, 2.75) is 518 Å². The minimum Gasteiger partial charge on any atom is -0.657 e. The fourth-order valence-electron chi connectivity index (χ4n) is 18.3. The van der Waals surface area contributed by atoms with Gasteiger partial charge in [-0.05, 0) is 95.9 Å². The second kappa shape index (κ2) is 81.4. The van der Waals surface area contributed by atoms with Gasteiger partial charge in [0.1, 0.15) is 0 Å². The molecule has 0 radical (unpaired) electrons. The quantitative estimate of drug-likeness (QED) is 0.0220. The molecule has 0 saturated heterocycles. The van der Waals surface area contributed by atoms with Gasteiger partial charge in [0.25, 0.3) is 0 Å². The number of carbonyl (C=O) groups is 8. The van der Waals surface area contributed by atoms with Gasteiger partial charge in [-0.1, -0.05) is 439 Å². The zero-order valence-corrected chi connectivity index (χ0v) is 88.5. The van der Waals surface area contributed by atoms with Crippen LogP contribution in [0.4, 0.5) is 0 Å². The van der Waals surface area contributed by atoms with Crippen LogP contribution in [0.3, 0.4) is 0 Å².